The molecule has 144 valence electrons. The van der Waals surface area contributed by atoms with Crippen molar-refractivity contribution in [3.8, 4) is 0 Å². The van der Waals surface area contributed by atoms with Crippen LogP contribution < -0.4 is 5.32 Å². The highest BCUT2D eigenvalue weighted by molar-refractivity contribution is 7.91. The van der Waals surface area contributed by atoms with Crippen LogP contribution in [0, 0.1) is 6.92 Å². The van der Waals surface area contributed by atoms with Crippen LogP contribution in [0.1, 0.15) is 26.7 Å². The Labute approximate surface area is 169 Å². The first-order valence-electron chi connectivity index (χ1n) is 8.62. The molecule has 1 atom stereocenters. The molecule has 0 bridgehead atoms. The van der Waals surface area contributed by atoms with Crippen molar-refractivity contribution < 1.29 is 13.2 Å². The van der Waals surface area contributed by atoms with Crippen LogP contribution in [0.25, 0.3) is 0 Å². The fourth-order valence-electron chi connectivity index (χ4n) is 2.75. The molecule has 1 N–H and O–H groups in total. The summed E-state index contributed by atoms with van der Waals surface area (Å²) in [5.41, 5.74) is 1.88. The first-order chi connectivity index (χ1) is 13.4. The molecular formula is C21H19ClN2O3S. The van der Waals surface area contributed by atoms with E-state index in [1.807, 2.05) is 6.92 Å². The predicted octanol–water partition coefficient (Wildman–Crippen LogP) is 3.99. The summed E-state index contributed by atoms with van der Waals surface area (Å²) < 4.78 is 26.5. The Kier molecular flexibility index (Phi) is 6.11. The highest BCUT2D eigenvalue weighted by Gasteiger charge is 2.30. The van der Waals surface area contributed by atoms with Crippen LogP contribution in [0.15, 0.2) is 78.0 Å². The Morgan fingerprint density at radius 2 is 1.75 bits per heavy atom. The number of carbonyl (C=O) groups is 1. The molecule has 0 aliphatic heterocycles. The number of hydrogen-bond acceptors (Lipinski definition) is 4. The quantitative estimate of drug-likeness (QED) is 0.661. The van der Waals surface area contributed by atoms with Gasteiger partial charge in [0.2, 0.25) is 0 Å². The summed E-state index contributed by atoms with van der Waals surface area (Å²) in [7, 11) is -3.73. The van der Waals surface area contributed by atoms with Crippen molar-refractivity contribution in [1.29, 1.82) is 0 Å². The molecule has 5 nitrogen and oxygen atoms in total. The van der Waals surface area contributed by atoms with Crippen molar-refractivity contribution in [3.63, 3.8) is 0 Å². The molecule has 7 heteroatoms. The lowest BCUT2D eigenvalue weighted by Crippen LogP contribution is -2.32. The lowest BCUT2D eigenvalue weighted by molar-refractivity contribution is 0.0953. The van der Waals surface area contributed by atoms with E-state index >= 15 is 0 Å². The van der Waals surface area contributed by atoms with Gasteiger partial charge in [-0.1, -0.05) is 35.4 Å². The molecule has 1 amide bonds. The fourth-order valence-corrected chi connectivity index (χ4v) is 4.52. The van der Waals surface area contributed by atoms with Crippen molar-refractivity contribution >= 4 is 27.3 Å². The van der Waals surface area contributed by atoms with Gasteiger partial charge in [0.05, 0.1) is 4.90 Å². The molecule has 1 aromatic heterocycles. The molecule has 28 heavy (non-hydrogen) atoms. The van der Waals surface area contributed by atoms with Gasteiger partial charge in [-0.3, -0.25) is 9.78 Å². The normalized spacial score (nSPS) is 12.4. The van der Waals surface area contributed by atoms with E-state index in [1.165, 1.54) is 6.20 Å². The van der Waals surface area contributed by atoms with Gasteiger partial charge < -0.3 is 5.32 Å². The average molecular weight is 415 g/mol. The smallest absolute Gasteiger partial charge is 0.251 e. The Hall–Kier alpha value is -2.70. The third-order valence-corrected chi connectivity index (χ3v) is 6.70. The van der Waals surface area contributed by atoms with E-state index in [1.54, 1.807) is 66.9 Å². The van der Waals surface area contributed by atoms with Crippen LogP contribution >= 0.6 is 11.6 Å². The zero-order valence-corrected chi connectivity index (χ0v) is 16.7. The Bertz CT molecular complexity index is 1050. The summed E-state index contributed by atoms with van der Waals surface area (Å²) >= 11 is 5.84. The second kappa shape index (κ2) is 8.54. The van der Waals surface area contributed by atoms with Crippen LogP contribution in [0.5, 0.6) is 0 Å². The number of hydrogen-bond donors (Lipinski definition) is 1. The third kappa shape index (κ3) is 4.58. The van der Waals surface area contributed by atoms with Crippen LogP contribution in [-0.2, 0) is 9.84 Å². The topological polar surface area (TPSA) is 76.1 Å². The molecule has 0 aliphatic carbocycles. The maximum Gasteiger partial charge on any atom is 0.251 e. The number of pyridine rings is 1. The van der Waals surface area contributed by atoms with Crippen molar-refractivity contribution in [3.05, 3.63) is 94.8 Å². The van der Waals surface area contributed by atoms with Crippen LogP contribution in [0.4, 0.5) is 0 Å². The molecular weight excluding hydrogens is 396 g/mol. The molecule has 0 fully saturated rings. The van der Waals surface area contributed by atoms with Crippen molar-refractivity contribution in [2.45, 2.75) is 17.1 Å². The predicted molar refractivity (Wildman–Crippen MR) is 109 cm³/mol. The second-order valence-corrected chi connectivity index (χ2v) is 8.92. The molecule has 1 heterocycles. The first kappa shape index (κ1) is 20.0. The number of amides is 1. The van der Waals surface area contributed by atoms with Gasteiger partial charge in [-0.05, 0) is 55.0 Å². The lowest BCUT2D eigenvalue weighted by atomic mass is 10.2. The SMILES string of the molecule is Cc1ccc(S(=O)(=O)C(CNC(=O)c2ccc(Cl)cc2)c2cccnc2)cc1. The van der Waals surface area contributed by atoms with E-state index in [2.05, 4.69) is 10.3 Å². The zero-order valence-electron chi connectivity index (χ0n) is 15.2. The van der Waals surface area contributed by atoms with Gasteiger partial charge in [0.15, 0.2) is 9.84 Å². The number of nitrogens with zero attached hydrogens (tertiary/aromatic N) is 1. The van der Waals surface area contributed by atoms with E-state index in [0.29, 0.717) is 16.1 Å². The number of aromatic nitrogens is 1. The van der Waals surface area contributed by atoms with E-state index in [-0.39, 0.29) is 17.3 Å². The van der Waals surface area contributed by atoms with Gasteiger partial charge in [0, 0.05) is 29.5 Å². The fraction of sp³-hybridized carbons (Fsp3) is 0.143. The molecule has 0 saturated carbocycles. The Morgan fingerprint density at radius 3 is 2.36 bits per heavy atom. The molecule has 2 aromatic carbocycles. The van der Waals surface area contributed by atoms with Gasteiger partial charge >= 0.3 is 0 Å². The molecule has 3 aromatic rings. The van der Waals surface area contributed by atoms with E-state index in [4.69, 9.17) is 11.6 Å². The third-order valence-electron chi connectivity index (χ3n) is 4.33. The number of halogens is 1. The molecule has 3 rings (SSSR count). The van der Waals surface area contributed by atoms with Crippen LogP contribution in [-0.4, -0.2) is 25.9 Å². The highest BCUT2D eigenvalue weighted by atomic mass is 35.5. The molecule has 0 saturated heterocycles. The monoisotopic (exact) mass is 414 g/mol. The number of carbonyl (C=O) groups excluding carboxylic acids is 1. The molecule has 0 radical (unpaired) electrons. The van der Waals surface area contributed by atoms with Crippen LogP contribution in [0.2, 0.25) is 5.02 Å². The summed E-state index contributed by atoms with van der Waals surface area (Å²) in [4.78, 5) is 16.7. The van der Waals surface area contributed by atoms with Gasteiger partial charge in [-0.2, -0.15) is 0 Å². The van der Waals surface area contributed by atoms with E-state index < -0.39 is 15.1 Å². The Morgan fingerprint density at radius 1 is 1.07 bits per heavy atom. The highest BCUT2D eigenvalue weighted by Crippen LogP contribution is 2.28. The maximum absolute atomic E-state index is 13.2. The average Bonchev–Trinajstić information content (AvgIpc) is 2.69. The summed E-state index contributed by atoms with van der Waals surface area (Å²) in [6.45, 7) is 1.81. The number of benzene rings is 2. The number of sulfone groups is 1. The standard InChI is InChI=1S/C21H19ClN2O3S/c1-15-4-10-19(11-5-15)28(26,27)20(17-3-2-12-23-13-17)14-24-21(25)16-6-8-18(22)9-7-16/h2-13,20H,14H2,1H3,(H,24,25). The Balaban J connectivity index is 1.88. The van der Waals surface area contributed by atoms with E-state index in [0.717, 1.165) is 5.56 Å². The minimum Gasteiger partial charge on any atom is -0.350 e. The van der Waals surface area contributed by atoms with E-state index in [9.17, 15) is 13.2 Å². The molecule has 0 aliphatic rings. The van der Waals surface area contributed by atoms with Gasteiger partial charge in [0.1, 0.15) is 5.25 Å². The summed E-state index contributed by atoms with van der Waals surface area (Å²) in [6, 6.07) is 16.4. The maximum atomic E-state index is 13.2. The number of nitrogens with one attached hydrogen (secondary N) is 1. The lowest BCUT2D eigenvalue weighted by Gasteiger charge is -2.19. The summed E-state index contributed by atoms with van der Waals surface area (Å²) in [5, 5.41) is 2.28. The second-order valence-electron chi connectivity index (χ2n) is 6.35. The number of aryl methyl sites for hydroxylation is 1. The largest absolute Gasteiger partial charge is 0.350 e. The number of rotatable bonds is 6. The molecule has 0 spiro atoms. The van der Waals surface area contributed by atoms with Crippen molar-refractivity contribution in [2.75, 3.05) is 6.54 Å². The minimum absolute atomic E-state index is 0.0800. The van der Waals surface area contributed by atoms with Gasteiger partial charge in [0.25, 0.3) is 5.91 Å². The summed E-state index contributed by atoms with van der Waals surface area (Å²) in [5.74, 6) is -0.371. The van der Waals surface area contributed by atoms with Crippen molar-refractivity contribution in [1.82, 2.24) is 10.3 Å². The minimum atomic E-state index is -3.73. The summed E-state index contributed by atoms with van der Waals surface area (Å²) in [6.07, 6.45) is 3.08. The van der Waals surface area contributed by atoms with Crippen LogP contribution in [0.3, 0.4) is 0 Å². The molecule has 1 unspecified atom stereocenters. The van der Waals surface area contributed by atoms with Gasteiger partial charge in [-0.25, -0.2) is 8.42 Å². The first-order valence-corrected chi connectivity index (χ1v) is 10.5. The van der Waals surface area contributed by atoms with Crippen molar-refractivity contribution in [2.24, 2.45) is 0 Å². The zero-order chi connectivity index (χ0) is 20.1. The van der Waals surface area contributed by atoms with Gasteiger partial charge in [-0.15, -0.1) is 0 Å².